The molecule has 0 heterocycles. The Balaban J connectivity index is 3.32. The molecule has 0 fully saturated rings. The summed E-state index contributed by atoms with van der Waals surface area (Å²) >= 11 is 0. The van der Waals surface area contributed by atoms with Crippen molar-refractivity contribution in [2.24, 2.45) is 5.10 Å². The minimum atomic E-state index is -0.644. The predicted molar refractivity (Wildman–Crippen MR) is 48.2 cm³/mol. The number of amides is 2. The lowest BCUT2D eigenvalue weighted by atomic mass is 11.1. The van der Waals surface area contributed by atoms with Gasteiger partial charge >= 0.3 is 6.03 Å². The first kappa shape index (κ1) is 11.2. The van der Waals surface area contributed by atoms with E-state index < -0.39 is 6.03 Å². The molecule has 0 atom stereocenters. The number of thiocyanates is 1. The van der Waals surface area contributed by atoms with Gasteiger partial charge in [-0.3, -0.25) is 4.72 Å². The largest absolute Gasteiger partial charge is 0.346 e. The summed E-state index contributed by atoms with van der Waals surface area (Å²) in [5, 5.41) is 12.6. The number of hydrazone groups is 1. The minimum Gasteiger partial charge on any atom is -0.270 e. The summed E-state index contributed by atoms with van der Waals surface area (Å²) in [4.78, 5) is 20.0. The van der Waals surface area contributed by atoms with Gasteiger partial charge in [0.15, 0.2) is 0 Å². The van der Waals surface area contributed by atoms with Crippen molar-refractivity contribution in [2.45, 2.75) is 0 Å². The van der Waals surface area contributed by atoms with Gasteiger partial charge in [-0.05, 0) is 0 Å². The van der Waals surface area contributed by atoms with Gasteiger partial charge in [0.25, 0.3) is 6.08 Å². The van der Waals surface area contributed by atoms with Crippen LogP contribution in [0.15, 0.2) is 5.10 Å². The van der Waals surface area contributed by atoms with Gasteiger partial charge in [0.1, 0.15) is 5.40 Å². The van der Waals surface area contributed by atoms with Crippen molar-refractivity contribution in [1.29, 1.82) is 5.26 Å². The lowest BCUT2D eigenvalue weighted by molar-refractivity contribution is 0.247. The van der Waals surface area contributed by atoms with Crippen LogP contribution in [0.3, 0.4) is 0 Å². The Morgan fingerprint density at radius 1 is 1.58 bits per heavy atom. The van der Waals surface area contributed by atoms with E-state index in [-0.39, 0.29) is 0 Å². The molecular formula is C3H2N4O2S3. The first-order valence-corrected chi connectivity index (χ1v) is 5.80. The number of hydrogen-bond acceptors (Lipinski definition) is 7. The van der Waals surface area contributed by atoms with Gasteiger partial charge in [0, 0.05) is 31.6 Å². The van der Waals surface area contributed by atoms with Gasteiger partial charge in [0.2, 0.25) is 0 Å². The summed E-state index contributed by atoms with van der Waals surface area (Å²) in [5.74, 6) is 0. The highest BCUT2D eigenvalue weighted by molar-refractivity contribution is 9.10. The van der Waals surface area contributed by atoms with E-state index in [1.807, 2.05) is 5.43 Å². The van der Waals surface area contributed by atoms with Gasteiger partial charge in [0.05, 0.1) is 0 Å². The predicted octanol–water partition coefficient (Wildman–Crippen LogP) is 0.962. The van der Waals surface area contributed by atoms with Crippen molar-refractivity contribution in [1.82, 2.24) is 10.1 Å². The van der Waals surface area contributed by atoms with Crippen LogP contribution in [0.25, 0.3) is 0 Å². The van der Waals surface area contributed by atoms with Crippen molar-refractivity contribution in [2.75, 3.05) is 0 Å². The van der Waals surface area contributed by atoms with Crippen molar-refractivity contribution in [3.63, 3.8) is 0 Å². The number of hydrogen-bond donors (Lipinski definition) is 2. The molecule has 0 aliphatic rings. The third-order valence-corrected chi connectivity index (χ3v) is 3.03. The number of nitrogens with zero attached hydrogens (tertiary/aromatic N) is 2. The Morgan fingerprint density at radius 3 is 2.92 bits per heavy atom. The highest BCUT2D eigenvalue weighted by atomic mass is 33.5. The molecule has 2 amide bonds. The average Bonchev–Trinajstić information content (AvgIpc) is 2.09. The number of urea groups is 1. The molecule has 12 heavy (non-hydrogen) atoms. The van der Waals surface area contributed by atoms with E-state index in [2.05, 4.69) is 9.82 Å². The van der Waals surface area contributed by atoms with Crippen LogP contribution in [0, 0.1) is 10.7 Å². The van der Waals surface area contributed by atoms with E-state index in [0.29, 0.717) is 0 Å². The molecule has 0 saturated heterocycles. The molecule has 0 aromatic carbocycles. The van der Waals surface area contributed by atoms with Crippen molar-refractivity contribution < 1.29 is 9.59 Å². The molecule has 0 radical (unpaired) electrons. The number of nitrogens with one attached hydrogen (secondary N) is 2. The van der Waals surface area contributed by atoms with Crippen molar-refractivity contribution in [3.8, 4) is 5.40 Å². The van der Waals surface area contributed by atoms with E-state index in [0.717, 1.165) is 37.7 Å². The standard InChI is InChI=1S/C3H2N4O2S3/c4-1-10-12-11-7-3(9)6-5-2-8/h(H2,6,7,9). The molecule has 0 aliphatic carbocycles. The van der Waals surface area contributed by atoms with Crippen LogP contribution < -0.4 is 10.1 Å². The number of rotatable bonds is 4. The summed E-state index contributed by atoms with van der Waals surface area (Å²) in [6, 6.07) is -0.644. The summed E-state index contributed by atoms with van der Waals surface area (Å²) in [7, 11) is 2.93. The molecule has 0 aromatic rings. The maximum Gasteiger partial charge on any atom is 0.346 e. The maximum absolute atomic E-state index is 10.5. The summed E-state index contributed by atoms with van der Waals surface area (Å²) < 4.78 is 2.24. The quantitative estimate of drug-likeness (QED) is 0.140. The Labute approximate surface area is 79.5 Å². The van der Waals surface area contributed by atoms with Gasteiger partial charge in [-0.1, -0.05) is 5.10 Å². The van der Waals surface area contributed by atoms with E-state index in [4.69, 9.17) is 5.26 Å². The summed E-state index contributed by atoms with van der Waals surface area (Å²) in [6.45, 7) is 0. The zero-order chi connectivity index (χ0) is 9.23. The molecule has 9 heteroatoms. The SMILES string of the molecule is N#CSSSNC(=O)NN=C=O. The van der Waals surface area contributed by atoms with Crippen molar-refractivity contribution >= 4 is 43.7 Å². The van der Waals surface area contributed by atoms with E-state index >= 15 is 0 Å². The summed E-state index contributed by atoms with van der Waals surface area (Å²) in [6.07, 6.45) is 1.13. The van der Waals surface area contributed by atoms with Crippen LogP contribution in [0.2, 0.25) is 0 Å². The number of nitriles is 1. The second-order valence-corrected chi connectivity index (χ2v) is 4.56. The highest BCUT2D eigenvalue weighted by Gasteiger charge is 1.97. The van der Waals surface area contributed by atoms with Gasteiger partial charge in [-0.15, -0.1) is 0 Å². The normalized spacial score (nSPS) is 7.58. The fourth-order valence-electron chi connectivity index (χ4n) is 0.183. The molecular weight excluding hydrogens is 220 g/mol. The van der Waals surface area contributed by atoms with Gasteiger partial charge in [-0.2, -0.15) is 5.26 Å². The first-order valence-electron chi connectivity index (χ1n) is 2.32. The molecule has 6 nitrogen and oxygen atoms in total. The van der Waals surface area contributed by atoms with Crippen LogP contribution in [0.1, 0.15) is 0 Å². The Morgan fingerprint density at radius 2 is 2.33 bits per heavy atom. The number of carbonyl (C=O) groups excluding carboxylic acids is 2. The molecule has 0 bridgehead atoms. The minimum absolute atomic E-state index is 0.644. The fraction of sp³-hybridized carbons (Fsp3) is 0. The molecule has 0 spiro atoms. The average molecular weight is 222 g/mol. The maximum atomic E-state index is 10.5. The lowest BCUT2D eigenvalue weighted by Gasteiger charge is -1.96. The second kappa shape index (κ2) is 8.29. The Bertz CT molecular complexity index is 232. The molecule has 2 N–H and O–H groups in total. The first-order chi connectivity index (χ1) is 5.81. The molecule has 0 aliphatic heterocycles. The van der Waals surface area contributed by atoms with Crippen LogP contribution in [-0.4, -0.2) is 12.1 Å². The third-order valence-electron chi connectivity index (χ3n) is 0.443. The topological polar surface area (TPSA) is 94.3 Å². The zero-order valence-electron chi connectivity index (χ0n) is 5.44. The highest BCUT2D eigenvalue weighted by Crippen LogP contribution is 2.30. The second-order valence-electron chi connectivity index (χ2n) is 1.07. The van der Waals surface area contributed by atoms with Crippen LogP contribution in [0.5, 0.6) is 0 Å². The van der Waals surface area contributed by atoms with Gasteiger partial charge in [-0.25, -0.2) is 15.0 Å². The molecule has 0 rings (SSSR count). The number of carbonyl (C=O) groups is 1. The molecule has 0 saturated carbocycles. The third kappa shape index (κ3) is 7.30. The Kier molecular flexibility index (Phi) is 7.73. The smallest absolute Gasteiger partial charge is 0.270 e. The van der Waals surface area contributed by atoms with Gasteiger partial charge < -0.3 is 0 Å². The van der Waals surface area contributed by atoms with E-state index in [1.54, 1.807) is 5.40 Å². The summed E-state index contributed by atoms with van der Waals surface area (Å²) in [5.41, 5.74) is 1.83. The van der Waals surface area contributed by atoms with Crippen LogP contribution >= 0.6 is 31.6 Å². The lowest BCUT2D eigenvalue weighted by Crippen LogP contribution is -2.26. The van der Waals surface area contributed by atoms with E-state index in [1.165, 1.54) is 0 Å². The molecule has 0 aromatic heterocycles. The number of isocyanates is 1. The fourth-order valence-corrected chi connectivity index (χ4v) is 1.81. The van der Waals surface area contributed by atoms with E-state index in [9.17, 15) is 9.59 Å². The molecule has 0 unspecified atom stereocenters. The monoisotopic (exact) mass is 222 g/mol. The van der Waals surface area contributed by atoms with Crippen molar-refractivity contribution in [3.05, 3.63) is 0 Å². The van der Waals surface area contributed by atoms with Crippen LogP contribution in [-0.2, 0) is 4.79 Å². The zero-order valence-corrected chi connectivity index (χ0v) is 7.89. The van der Waals surface area contributed by atoms with Crippen LogP contribution in [0.4, 0.5) is 4.79 Å². The Hall–Kier alpha value is -0.810. The molecule has 64 valence electrons.